The summed E-state index contributed by atoms with van der Waals surface area (Å²) in [6.07, 6.45) is 8.57. The molecule has 1 saturated heterocycles. The molecule has 0 aromatic carbocycles. The molecule has 3 aromatic heterocycles. The lowest BCUT2D eigenvalue weighted by Crippen LogP contribution is -2.38. The molecule has 1 N–H and O–H groups in total. The highest BCUT2D eigenvalue weighted by Crippen LogP contribution is 2.34. The van der Waals surface area contributed by atoms with E-state index in [2.05, 4.69) is 9.97 Å². The first-order valence-electron chi connectivity index (χ1n) is 7.70. The fraction of sp³-hybridized carbons (Fsp3) is 0.375. The van der Waals surface area contributed by atoms with Gasteiger partial charge in [-0.25, -0.2) is 17.7 Å². The van der Waals surface area contributed by atoms with Gasteiger partial charge in [-0.3, -0.25) is 4.98 Å². The third kappa shape index (κ3) is 2.49. The van der Waals surface area contributed by atoms with Gasteiger partial charge in [-0.2, -0.15) is 0 Å². The predicted molar refractivity (Wildman–Crippen MR) is 89.8 cm³/mol. The molecule has 120 valence electrons. The Morgan fingerprint density at radius 3 is 2.96 bits per heavy atom. The van der Waals surface area contributed by atoms with Gasteiger partial charge in [-0.05, 0) is 25.0 Å². The van der Waals surface area contributed by atoms with Gasteiger partial charge in [-0.1, -0.05) is 0 Å². The molecule has 0 saturated carbocycles. The van der Waals surface area contributed by atoms with E-state index in [1.807, 2.05) is 24.5 Å². The molecule has 0 amide bonds. The van der Waals surface area contributed by atoms with E-state index in [1.54, 1.807) is 10.5 Å². The van der Waals surface area contributed by atoms with Crippen molar-refractivity contribution in [2.24, 2.45) is 0 Å². The van der Waals surface area contributed by atoms with Crippen LogP contribution < -0.4 is 0 Å². The highest BCUT2D eigenvalue weighted by molar-refractivity contribution is 7.88. The molecule has 0 spiro atoms. The van der Waals surface area contributed by atoms with Gasteiger partial charge < -0.3 is 4.98 Å². The minimum atomic E-state index is -3.17. The van der Waals surface area contributed by atoms with Crippen LogP contribution in [0, 0.1) is 0 Å². The fourth-order valence-corrected chi connectivity index (χ4v) is 4.37. The highest BCUT2D eigenvalue weighted by atomic mass is 32.2. The molecule has 0 radical (unpaired) electrons. The van der Waals surface area contributed by atoms with E-state index < -0.39 is 10.0 Å². The number of hydrogen-bond acceptors (Lipinski definition) is 4. The standard InChI is InChI=1S/C16H18N4O2S/c1-23(21,22)20-8-2-3-11(10-20)15-12-4-6-17-9-14(12)13-5-7-18-16(13)19-15/h4-7,9,11H,2-3,8,10H2,1H3,(H,18,19). The monoisotopic (exact) mass is 330 g/mol. The van der Waals surface area contributed by atoms with Crippen LogP contribution >= 0.6 is 0 Å². The average molecular weight is 330 g/mol. The second-order valence-electron chi connectivity index (χ2n) is 6.12. The highest BCUT2D eigenvalue weighted by Gasteiger charge is 2.29. The number of H-pyrrole nitrogens is 1. The number of hydrogen-bond donors (Lipinski definition) is 1. The van der Waals surface area contributed by atoms with Gasteiger partial charge in [0.15, 0.2) is 0 Å². The van der Waals surface area contributed by atoms with Crippen LogP contribution in [0.5, 0.6) is 0 Å². The van der Waals surface area contributed by atoms with E-state index in [0.717, 1.165) is 40.3 Å². The summed E-state index contributed by atoms with van der Waals surface area (Å²) in [5, 5.41) is 3.17. The maximum atomic E-state index is 11.9. The van der Waals surface area contributed by atoms with Gasteiger partial charge in [0.2, 0.25) is 10.0 Å². The number of sulfonamides is 1. The van der Waals surface area contributed by atoms with Crippen LogP contribution in [0.4, 0.5) is 0 Å². The van der Waals surface area contributed by atoms with Crippen molar-refractivity contribution in [2.45, 2.75) is 18.8 Å². The van der Waals surface area contributed by atoms with E-state index in [-0.39, 0.29) is 5.92 Å². The molecule has 7 heteroatoms. The second-order valence-corrected chi connectivity index (χ2v) is 8.10. The van der Waals surface area contributed by atoms with Crippen LogP contribution in [0.3, 0.4) is 0 Å². The Balaban J connectivity index is 1.87. The number of aromatic amines is 1. The van der Waals surface area contributed by atoms with Crippen LogP contribution in [0.1, 0.15) is 24.5 Å². The topological polar surface area (TPSA) is 79.0 Å². The van der Waals surface area contributed by atoms with Gasteiger partial charge in [0.25, 0.3) is 0 Å². The summed E-state index contributed by atoms with van der Waals surface area (Å²) in [7, 11) is -3.17. The average Bonchev–Trinajstić information content (AvgIpc) is 3.02. The van der Waals surface area contributed by atoms with Gasteiger partial charge in [-0.15, -0.1) is 0 Å². The minimum absolute atomic E-state index is 0.107. The molecule has 6 nitrogen and oxygen atoms in total. The fourth-order valence-electron chi connectivity index (χ4n) is 3.46. The first-order valence-corrected chi connectivity index (χ1v) is 9.55. The molecular weight excluding hydrogens is 312 g/mol. The van der Waals surface area contributed by atoms with Crippen molar-refractivity contribution in [3.8, 4) is 0 Å². The maximum absolute atomic E-state index is 11.9. The van der Waals surface area contributed by atoms with Crippen molar-refractivity contribution in [2.75, 3.05) is 19.3 Å². The van der Waals surface area contributed by atoms with Crippen LogP contribution in [0.15, 0.2) is 30.7 Å². The van der Waals surface area contributed by atoms with Gasteiger partial charge >= 0.3 is 0 Å². The number of nitrogens with zero attached hydrogens (tertiary/aromatic N) is 3. The molecule has 0 aliphatic carbocycles. The summed E-state index contributed by atoms with van der Waals surface area (Å²) in [6, 6.07) is 3.98. The van der Waals surface area contributed by atoms with Crippen LogP contribution in [-0.2, 0) is 10.0 Å². The Hall–Kier alpha value is -1.99. The number of fused-ring (bicyclic) bond motifs is 3. The van der Waals surface area contributed by atoms with E-state index >= 15 is 0 Å². The SMILES string of the molecule is CS(=O)(=O)N1CCCC(c2nc3[nH]ccc3c3cnccc23)C1. The van der Waals surface area contributed by atoms with Crippen molar-refractivity contribution in [3.63, 3.8) is 0 Å². The van der Waals surface area contributed by atoms with E-state index in [0.29, 0.717) is 13.1 Å². The van der Waals surface area contributed by atoms with Crippen molar-refractivity contribution in [1.29, 1.82) is 0 Å². The Morgan fingerprint density at radius 2 is 2.13 bits per heavy atom. The Labute approximate surface area is 134 Å². The Bertz CT molecular complexity index is 980. The lowest BCUT2D eigenvalue weighted by molar-refractivity contribution is 0.316. The Morgan fingerprint density at radius 1 is 1.26 bits per heavy atom. The molecule has 1 atom stereocenters. The van der Waals surface area contributed by atoms with Gasteiger partial charge in [0, 0.05) is 53.8 Å². The van der Waals surface area contributed by atoms with Crippen molar-refractivity contribution in [1.82, 2.24) is 19.3 Å². The number of pyridine rings is 2. The van der Waals surface area contributed by atoms with E-state index in [1.165, 1.54) is 6.26 Å². The van der Waals surface area contributed by atoms with Gasteiger partial charge in [0.1, 0.15) is 5.65 Å². The first kappa shape index (κ1) is 14.6. The summed E-state index contributed by atoms with van der Waals surface area (Å²) >= 11 is 0. The molecule has 0 bridgehead atoms. The van der Waals surface area contributed by atoms with Crippen molar-refractivity contribution in [3.05, 3.63) is 36.4 Å². The van der Waals surface area contributed by atoms with Crippen molar-refractivity contribution >= 4 is 31.8 Å². The largest absolute Gasteiger partial charge is 0.346 e. The molecule has 1 unspecified atom stereocenters. The molecule has 4 rings (SSSR count). The number of nitrogens with one attached hydrogen (secondary N) is 1. The van der Waals surface area contributed by atoms with Crippen molar-refractivity contribution < 1.29 is 8.42 Å². The zero-order valence-corrected chi connectivity index (χ0v) is 13.7. The van der Waals surface area contributed by atoms with Gasteiger partial charge in [0.05, 0.1) is 11.9 Å². The summed E-state index contributed by atoms with van der Waals surface area (Å²) in [4.78, 5) is 12.2. The quantitative estimate of drug-likeness (QED) is 0.781. The molecular formula is C16H18N4O2S. The molecule has 1 aliphatic heterocycles. The molecule has 23 heavy (non-hydrogen) atoms. The van der Waals surface area contributed by atoms with Crippen LogP contribution in [-0.4, -0.2) is 47.0 Å². The zero-order chi connectivity index (χ0) is 16.0. The minimum Gasteiger partial charge on any atom is -0.346 e. The van der Waals surface area contributed by atoms with E-state index in [4.69, 9.17) is 4.98 Å². The number of aromatic nitrogens is 3. The van der Waals surface area contributed by atoms with E-state index in [9.17, 15) is 8.42 Å². The predicted octanol–water partition coefficient (Wildman–Crippen LogP) is 2.25. The third-order valence-electron chi connectivity index (χ3n) is 4.58. The van der Waals surface area contributed by atoms with Crippen LogP contribution in [0.25, 0.3) is 21.8 Å². The smallest absolute Gasteiger partial charge is 0.211 e. The lowest BCUT2D eigenvalue weighted by Gasteiger charge is -2.31. The number of rotatable bonds is 2. The summed E-state index contributed by atoms with van der Waals surface area (Å²) in [5.74, 6) is 0.107. The molecule has 4 heterocycles. The number of piperidine rings is 1. The normalized spacial score (nSPS) is 20.3. The molecule has 1 aliphatic rings. The zero-order valence-electron chi connectivity index (χ0n) is 12.9. The maximum Gasteiger partial charge on any atom is 0.211 e. The second kappa shape index (κ2) is 5.28. The molecule has 3 aromatic rings. The third-order valence-corrected chi connectivity index (χ3v) is 5.85. The first-order chi connectivity index (χ1) is 11.0. The summed E-state index contributed by atoms with van der Waals surface area (Å²) in [6.45, 7) is 1.09. The lowest BCUT2D eigenvalue weighted by atomic mass is 9.92. The van der Waals surface area contributed by atoms with Crippen LogP contribution in [0.2, 0.25) is 0 Å². The summed E-state index contributed by atoms with van der Waals surface area (Å²) < 4.78 is 25.3. The molecule has 1 fully saturated rings. The summed E-state index contributed by atoms with van der Waals surface area (Å²) in [5.41, 5.74) is 1.79. The Kier molecular flexibility index (Phi) is 3.35.